The van der Waals surface area contributed by atoms with Crippen molar-refractivity contribution in [1.29, 1.82) is 0 Å². The molecular weight excluding hydrogens is 368 g/mol. The van der Waals surface area contributed by atoms with Crippen LogP contribution in [-0.4, -0.2) is 29.8 Å². The van der Waals surface area contributed by atoms with E-state index in [0.717, 1.165) is 18.5 Å². The number of H-pyrrole nitrogens is 1. The summed E-state index contributed by atoms with van der Waals surface area (Å²) in [5.74, 6) is -0.789. The number of aromatic nitrogens is 1. The molecule has 1 aromatic carbocycles. The molecule has 142 valence electrons. The Hall–Kier alpha value is -2.60. The molecule has 0 radical (unpaired) electrons. The van der Waals surface area contributed by atoms with Crippen molar-refractivity contribution < 1.29 is 19.1 Å². The standard InChI is InChI=1S/C20H21ClN2O4/c1-11-18-14(8-5-9-16(18)24)22-19(11)20(26)23-15(10-17(25)27-2)12-6-3-4-7-13(12)21/h3-4,6-7,15,22H,5,8-10H2,1-2H3,(H,23,26). The highest BCUT2D eigenvalue weighted by Crippen LogP contribution is 2.29. The zero-order chi connectivity index (χ0) is 19.6. The van der Waals surface area contributed by atoms with Crippen LogP contribution in [0.4, 0.5) is 0 Å². The minimum absolute atomic E-state index is 0.0512. The molecule has 0 aliphatic heterocycles. The van der Waals surface area contributed by atoms with E-state index in [-0.39, 0.29) is 18.1 Å². The van der Waals surface area contributed by atoms with Crippen LogP contribution >= 0.6 is 11.6 Å². The number of carbonyl (C=O) groups is 3. The first-order chi connectivity index (χ1) is 12.9. The third kappa shape index (κ3) is 3.90. The van der Waals surface area contributed by atoms with Gasteiger partial charge in [0.25, 0.3) is 5.91 Å². The molecule has 1 amide bonds. The number of methoxy groups -OCH3 is 1. The first kappa shape index (κ1) is 19.2. The predicted octanol–water partition coefficient (Wildman–Crippen LogP) is 3.53. The Labute approximate surface area is 162 Å². The van der Waals surface area contributed by atoms with E-state index in [9.17, 15) is 14.4 Å². The van der Waals surface area contributed by atoms with Crippen molar-refractivity contribution in [3.8, 4) is 0 Å². The summed E-state index contributed by atoms with van der Waals surface area (Å²) in [7, 11) is 1.29. The maximum Gasteiger partial charge on any atom is 0.307 e. The van der Waals surface area contributed by atoms with Crippen LogP contribution in [-0.2, 0) is 16.0 Å². The van der Waals surface area contributed by atoms with Gasteiger partial charge < -0.3 is 15.0 Å². The van der Waals surface area contributed by atoms with Gasteiger partial charge in [-0.3, -0.25) is 14.4 Å². The smallest absolute Gasteiger partial charge is 0.307 e. The van der Waals surface area contributed by atoms with Crippen LogP contribution in [0.25, 0.3) is 0 Å². The largest absolute Gasteiger partial charge is 0.469 e. The molecule has 3 rings (SSSR count). The minimum Gasteiger partial charge on any atom is -0.469 e. The highest BCUT2D eigenvalue weighted by atomic mass is 35.5. The van der Waals surface area contributed by atoms with Gasteiger partial charge in [-0.1, -0.05) is 29.8 Å². The van der Waals surface area contributed by atoms with Crippen LogP contribution in [0.2, 0.25) is 5.02 Å². The fourth-order valence-corrected chi connectivity index (χ4v) is 3.75. The minimum atomic E-state index is -0.644. The predicted molar refractivity (Wildman–Crippen MR) is 101 cm³/mol. The number of amides is 1. The van der Waals surface area contributed by atoms with E-state index >= 15 is 0 Å². The number of hydrogen-bond acceptors (Lipinski definition) is 4. The number of esters is 1. The van der Waals surface area contributed by atoms with E-state index in [0.29, 0.717) is 33.8 Å². The molecular formula is C20H21ClN2O4. The molecule has 1 unspecified atom stereocenters. The summed E-state index contributed by atoms with van der Waals surface area (Å²) in [6.45, 7) is 1.76. The van der Waals surface area contributed by atoms with Crippen molar-refractivity contribution in [2.24, 2.45) is 0 Å². The van der Waals surface area contributed by atoms with Crippen molar-refractivity contribution >= 4 is 29.3 Å². The van der Waals surface area contributed by atoms with Gasteiger partial charge in [-0.25, -0.2) is 0 Å². The van der Waals surface area contributed by atoms with E-state index in [1.54, 1.807) is 31.2 Å². The van der Waals surface area contributed by atoms with Gasteiger partial charge in [0.2, 0.25) is 0 Å². The van der Waals surface area contributed by atoms with Crippen LogP contribution in [0, 0.1) is 6.92 Å². The topological polar surface area (TPSA) is 88.3 Å². The molecule has 6 nitrogen and oxygen atoms in total. The number of rotatable bonds is 5. The first-order valence-electron chi connectivity index (χ1n) is 8.79. The fraction of sp³-hybridized carbons (Fsp3) is 0.350. The van der Waals surface area contributed by atoms with E-state index in [1.165, 1.54) is 7.11 Å². The fourth-order valence-electron chi connectivity index (χ4n) is 3.48. The summed E-state index contributed by atoms with van der Waals surface area (Å²) in [6, 6.07) is 6.37. The number of ether oxygens (including phenoxy) is 1. The lowest BCUT2D eigenvalue weighted by molar-refractivity contribution is -0.141. The Morgan fingerprint density at radius 2 is 2.04 bits per heavy atom. The molecule has 0 saturated heterocycles. The third-order valence-electron chi connectivity index (χ3n) is 4.85. The Kier molecular flexibility index (Phi) is 5.65. The Morgan fingerprint density at radius 3 is 2.70 bits per heavy atom. The highest BCUT2D eigenvalue weighted by Gasteiger charge is 2.28. The quantitative estimate of drug-likeness (QED) is 0.767. The summed E-state index contributed by atoms with van der Waals surface area (Å²) < 4.78 is 4.75. The first-order valence-corrected chi connectivity index (χ1v) is 9.17. The molecule has 1 aliphatic carbocycles. The van der Waals surface area contributed by atoms with Gasteiger partial charge in [-0.05, 0) is 37.0 Å². The summed E-state index contributed by atoms with van der Waals surface area (Å²) in [5.41, 5.74) is 3.04. The Morgan fingerprint density at radius 1 is 1.30 bits per heavy atom. The lowest BCUT2D eigenvalue weighted by atomic mass is 9.93. The second kappa shape index (κ2) is 7.96. The zero-order valence-electron chi connectivity index (χ0n) is 15.2. The van der Waals surface area contributed by atoms with Gasteiger partial charge in [-0.2, -0.15) is 0 Å². The Bertz CT molecular complexity index is 903. The van der Waals surface area contributed by atoms with Crippen molar-refractivity contribution in [3.05, 3.63) is 57.4 Å². The normalized spacial score (nSPS) is 14.4. The van der Waals surface area contributed by atoms with Gasteiger partial charge in [0.15, 0.2) is 5.78 Å². The van der Waals surface area contributed by atoms with Crippen molar-refractivity contribution in [3.63, 3.8) is 0 Å². The number of hydrogen-bond donors (Lipinski definition) is 2. The van der Waals surface area contributed by atoms with Crippen LogP contribution in [0.3, 0.4) is 0 Å². The van der Waals surface area contributed by atoms with Crippen molar-refractivity contribution in [2.45, 2.75) is 38.6 Å². The zero-order valence-corrected chi connectivity index (χ0v) is 16.0. The van der Waals surface area contributed by atoms with Gasteiger partial charge in [0.05, 0.1) is 19.6 Å². The number of benzene rings is 1. The van der Waals surface area contributed by atoms with Gasteiger partial charge in [-0.15, -0.1) is 0 Å². The number of fused-ring (bicyclic) bond motifs is 1. The molecule has 7 heteroatoms. The monoisotopic (exact) mass is 388 g/mol. The molecule has 1 atom stereocenters. The molecule has 1 heterocycles. The van der Waals surface area contributed by atoms with E-state index < -0.39 is 12.0 Å². The molecule has 0 fully saturated rings. The van der Waals surface area contributed by atoms with E-state index in [1.807, 2.05) is 0 Å². The molecule has 0 spiro atoms. The number of Topliss-reactive ketones (excluding diaryl/α,β-unsaturated/α-hetero) is 1. The number of halogens is 1. The number of aromatic amines is 1. The highest BCUT2D eigenvalue weighted by molar-refractivity contribution is 6.31. The number of nitrogens with one attached hydrogen (secondary N) is 2. The van der Waals surface area contributed by atoms with Gasteiger partial charge in [0.1, 0.15) is 5.69 Å². The van der Waals surface area contributed by atoms with Crippen LogP contribution in [0.5, 0.6) is 0 Å². The average molecular weight is 389 g/mol. The van der Waals surface area contributed by atoms with Crippen molar-refractivity contribution in [2.75, 3.05) is 7.11 Å². The van der Waals surface area contributed by atoms with Crippen LogP contribution in [0.1, 0.15) is 63.0 Å². The second-order valence-electron chi connectivity index (χ2n) is 6.58. The summed E-state index contributed by atoms with van der Waals surface area (Å²) in [5, 5.41) is 3.30. The van der Waals surface area contributed by atoms with Crippen molar-refractivity contribution in [1.82, 2.24) is 10.3 Å². The summed E-state index contributed by atoms with van der Waals surface area (Å²) in [4.78, 5) is 40.0. The second-order valence-corrected chi connectivity index (χ2v) is 6.99. The van der Waals surface area contributed by atoms with E-state index in [4.69, 9.17) is 16.3 Å². The molecule has 1 aliphatic rings. The lowest BCUT2D eigenvalue weighted by Crippen LogP contribution is -2.31. The maximum absolute atomic E-state index is 12.9. The molecule has 1 aromatic heterocycles. The molecule has 27 heavy (non-hydrogen) atoms. The summed E-state index contributed by atoms with van der Waals surface area (Å²) in [6.07, 6.45) is 1.96. The SMILES string of the molecule is COC(=O)CC(NC(=O)c1[nH]c2c(c1C)C(=O)CCC2)c1ccccc1Cl. The lowest BCUT2D eigenvalue weighted by Gasteiger charge is -2.19. The van der Waals surface area contributed by atoms with Crippen LogP contribution in [0.15, 0.2) is 24.3 Å². The average Bonchev–Trinajstić information content (AvgIpc) is 2.99. The molecule has 2 aromatic rings. The number of aryl methyl sites for hydroxylation is 1. The van der Waals surface area contributed by atoms with Gasteiger partial charge in [0, 0.05) is 22.7 Å². The molecule has 0 bridgehead atoms. The number of carbonyl (C=O) groups excluding carboxylic acids is 3. The molecule has 0 saturated carbocycles. The maximum atomic E-state index is 12.9. The number of ketones is 1. The molecule has 2 N–H and O–H groups in total. The van der Waals surface area contributed by atoms with Gasteiger partial charge >= 0.3 is 5.97 Å². The third-order valence-corrected chi connectivity index (χ3v) is 5.19. The Balaban J connectivity index is 1.90. The van der Waals surface area contributed by atoms with Crippen LogP contribution < -0.4 is 5.32 Å². The van der Waals surface area contributed by atoms with E-state index in [2.05, 4.69) is 10.3 Å². The summed E-state index contributed by atoms with van der Waals surface area (Å²) >= 11 is 6.25.